The van der Waals surface area contributed by atoms with Crippen LogP contribution in [-0.2, 0) is 0 Å². The highest BCUT2D eigenvalue weighted by Crippen LogP contribution is 2.17. The molecule has 0 radical (unpaired) electrons. The van der Waals surface area contributed by atoms with Gasteiger partial charge in [0.2, 0.25) is 0 Å². The monoisotopic (exact) mass is 193 g/mol. The van der Waals surface area contributed by atoms with Crippen LogP contribution in [0.4, 0.5) is 0 Å². The van der Waals surface area contributed by atoms with Gasteiger partial charge >= 0.3 is 0 Å². The van der Waals surface area contributed by atoms with Crippen molar-refractivity contribution < 1.29 is 0 Å². The van der Waals surface area contributed by atoms with E-state index in [0.717, 1.165) is 30.6 Å². The topological polar surface area (TPSA) is 3.24 Å². The number of rotatable bonds is 2. The third kappa shape index (κ3) is 3.02. The van der Waals surface area contributed by atoms with Crippen LogP contribution in [0.2, 0.25) is 0 Å². The first kappa shape index (κ1) is 9.37. The summed E-state index contributed by atoms with van der Waals surface area (Å²) < 4.78 is 0. The average Bonchev–Trinajstić information content (AvgIpc) is 2.35. The van der Waals surface area contributed by atoms with E-state index in [1.807, 2.05) is 0 Å². The van der Waals surface area contributed by atoms with Gasteiger partial charge in [0.05, 0.1) is 0 Å². The molecule has 11 heavy (non-hydrogen) atoms. The Morgan fingerprint density at radius 2 is 2.45 bits per heavy atom. The molecule has 0 saturated carbocycles. The van der Waals surface area contributed by atoms with E-state index in [1.54, 1.807) is 0 Å². The van der Waals surface area contributed by atoms with Crippen LogP contribution in [0.1, 0.15) is 13.3 Å². The number of likely N-dealkylation sites (tertiary alicyclic amines) is 1. The molecule has 0 aromatic carbocycles. The second-order valence-electron chi connectivity index (χ2n) is 3.18. The normalized spacial score (nSPS) is 27.9. The van der Waals surface area contributed by atoms with Gasteiger partial charge in [-0.25, -0.2) is 0 Å². The molecule has 1 rings (SSSR count). The lowest BCUT2D eigenvalue weighted by molar-refractivity contribution is 0.361. The molecule has 1 unspecified atom stereocenters. The quantitative estimate of drug-likeness (QED) is 0.653. The molecular weight excluding hydrogens is 181 g/mol. The smallest absolute Gasteiger partial charge is 0.0434 e. The van der Waals surface area contributed by atoms with E-state index in [2.05, 4.69) is 11.8 Å². The highest BCUT2D eigenvalue weighted by atomic mass is 35.5. The summed E-state index contributed by atoms with van der Waals surface area (Å²) in [7, 11) is 0. The summed E-state index contributed by atoms with van der Waals surface area (Å²) in [6, 6.07) is 0. The fourth-order valence-corrected chi connectivity index (χ4v) is 1.66. The first-order valence-electron chi connectivity index (χ1n) is 3.89. The summed E-state index contributed by atoms with van der Waals surface area (Å²) in [6.45, 7) is 5.39. The van der Waals surface area contributed by atoms with Gasteiger partial charge in [-0.1, -0.05) is 30.1 Å². The molecule has 1 atom stereocenters. The van der Waals surface area contributed by atoms with Crippen molar-refractivity contribution in [2.45, 2.75) is 13.3 Å². The van der Waals surface area contributed by atoms with Crippen molar-refractivity contribution in [3.05, 3.63) is 10.6 Å². The lowest BCUT2D eigenvalue weighted by Crippen LogP contribution is -2.21. The minimum Gasteiger partial charge on any atom is -0.298 e. The molecule has 0 N–H and O–H groups in total. The molecule has 1 nitrogen and oxygen atoms in total. The average molecular weight is 194 g/mol. The Hall–Kier alpha value is 0.280. The molecule has 0 aromatic heterocycles. The highest BCUT2D eigenvalue weighted by Gasteiger charge is 2.18. The summed E-state index contributed by atoms with van der Waals surface area (Å²) in [6.07, 6.45) is 1.28. The molecule has 64 valence electrons. The lowest BCUT2D eigenvalue weighted by atomic mass is 10.2. The first-order chi connectivity index (χ1) is 5.22. The maximum Gasteiger partial charge on any atom is 0.0434 e. The minimum absolute atomic E-state index is 0.737. The lowest BCUT2D eigenvalue weighted by Gasteiger charge is -2.13. The van der Waals surface area contributed by atoms with Crippen molar-refractivity contribution in [1.82, 2.24) is 4.90 Å². The molecule has 0 spiro atoms. The Balaban J connectivity index is 2.28. The number of halogens is 2. The zero-order chi connectivity index (χ0) is 8.27. The predicted octanol–water partition coefficient (Wildman–Crippen LogP) is 2.65. The van der Waals surface area contributed by atoms with Crippen LogP contribution in [0, 0.1) is 5.92 Å². The molecule has 1 aliphatic heterocycles. The number of hydrogen-bond donors (Lipinski definition) is 0. The fraction of sp³-hybridized carbons (Fsp3) is 0.750. The van der Waals surface area contributed by atoms with Gasteiger partial charge < -0.3 is 0 Å². The Kier molecular flexibility index (Phi) is 3.70. The molecular formula is C8H13Cl2N. The van der Waals surface area contributed by atoms with Crippen molar-refractivity contribution in [2.24, 2.45) is 5.92 Å². The van der Waals surface area contributed by atoms with Crippen molar-refractivity contribution in [3.8, 4) is 0 Å². The summed E-state index contributed by atoms with van der Waals surface area (Å²) in [5.41, 5.74) is 1.45. The van der Waals surface area contributed by atoms with Crippen LogP contribution in [0.15, 0.2) is 10.6 Å². The van der Waals surface area contributed by atoms with E-state index >= 15 is 0 Å². The van der Waals surface area contributed by atoms with Crippen LogP contribution >= 0.6 is 23.2 Å². The van der Waals surface area contributed by atoms with Gasteiger partial charge in [-0.05, 0) is 18.9 Å². The SMILES string of the molecule is CC1CCN(C/C(Cl)=C/Cl)C1. The van der Waals surface area contributed by atoms with Gasteiger partial charge in [-0.15, -0.1) is 0 Å². The maximum atomic E-state index is 5.78. The van der Waals surface area contributed by atoms with E-state index in [1.165, 1.54) is 12.0 Å². The molecule has 3 heteroatoms. The predicted molar refractivity (Wildman–Crippen MR) is 50.0 cm³/mol. The first-order valence-corrected chi connectivity index (χ1v) is 4.71. The molecule has 0 aromatic rings. The molecule has 1 heterocycles. The molecule has 0 aliphatic carbocycles. The molecule has 1 saturated heterocycles. The Morgan fingerprint density at radius 3 is 2.91 bits per heavy atom. The fourth-order valence-electron chi connectivity index (χ4n) is 1.42. The molecule has 1 fully saturated rings. The van der Waals surface area contributed by atoms with Crippen molar-refractivity contribution in [3.63, 3.8) is 0 Å². The second kappa shape index (κ2) is 4.34. The van der Waals surface area contributed by atoms with Crippen LogP contribution in [-0.4, -0.2) is 24.5 Å². The standard InChI is InChI=1S/C8H13Cl2N/c1-7-2-3-11(5-7)6-8(10)4-9/h4,7H,2-3,5-6H2,1H3/b8-4-. The molecule has 1 aliphatic rings. The van der Waals surface area contributed by atoms with Crippen molar-refractivity contribution in [2.75, 3.05) is 19.6 Å². The maximum absolute atomic E-state index is 5.78. The van der Waals surface area contributed by atoms with E-state index in [0.29, 0.717) is 0 Å². The Morgan fingerprint density at radius 1 is 1.73 bits per heavy atom. The largest absolute Gasteiger partial charge is 0.298 e. The van der Waals surface area contributed by atoms with E-state index in [4.69, 9.17) is 23.2 Å². The van der Waals surface area contributed by atoms with Crippen LogP contribution < -0.4 is 0 Å². The van der Waals surface area contributed by atoms with Crippen LogP contribution in [0.5, 0.6) is 0 Å². The number of hydrogen-bond acceptors (Lipinski definition) is 1. The van der Waals surface area contributed by atoms with Gasteiger partial charge in [0.1, 0.15) is 0 Å². The second-order valence-corrected chi connectivity index (χ2v) is 3.89. The van der Waals surface area contributed by atoms with Crippen LogP contribution in [0.25, 0.3) is 0 Å². The van der Waals surface area contributed by atoms with Gasteiger partial charge in [0.25, 0.3) is 0 Å². The minimum atomic E-state index is 0.737. The Bertz CT molecular complexity index is 156. The van der Waals surface area contributed by atoms with Gasteiger partial charge in [0.15, 0.2) is 0 Å². The van der Waals surface area contributed by atoms with Gasteiger partial charge in [0, 0.05) is 23.7 Å². The zero-order valence-electron chi connectivity index (χ0n) is 6.69. The van der Waals surface area contributed by atoms with Crippen LogP contribution in [0.3, 0.4) is 0 Å². The highest BCUT2D eigenvalue weighted by molar-refractivity contribution is 6.36. The summed E-state index contributed by atoms with van der Waals surface area (Å²) in [5.74, 6) is 0.815. The number of nitrogens with zero attached hydrogens (tertiary/aromatic N) is 1. The third-order valence-electron chi connectivity index (χ3n) is 2.00. The molecule has 0 amide bonds. The summed E-state index contributed by atoms with van der Waals surface area (Å²) in [5, 5.41) is 0.737. The van der Waals surface area contributed by atoms with Crippen molar-refractivity contribution >= 4 is 23.2 Å². The van der Waals surface area contributed by atoms with E-state index in [9.17, 15) is 0 Å². The third-order valence-corrected chi connectivity index (χ3v) is 2.60. The van der Waals surface area contributed by atoms with Gasteiger partial charge in [-0.3, -0.25) is 4.90 Å². The van der Waals surface area contributed by atoms with Crippen molar-refractivity contribution in [1.29, 1.82) is 0 Å². The van der Waals surface area contributed by atoms with E-state index in [-0.39, 0.29) is 0 Å². The van der Waals surface area contributed by atoms with E-state index < -0.39 is 0 Å². The molecule has 0 bridgehead atoms. The van der Waals surface area contributed by atoms with Gasteiger partial charge in [-0.2, -0.15) is 0 Å². The summed E-state index contributed by atoms with van der Waals surface area (Å²) >= 11 is 11.2. The summed E-state index contributed by atoms with van der Waals surface area (Å²) in [4.78, 5) is 2.33. The zero-order valence-corrected chi connectivity index (χ0v) is 8.20. The Labute approximate surface area is 78.0 Å².